The molecule has 2 rings (SSSR count). The van der Waals surface area contributed by atoms with Crippen molar-refractivity contribution in [2.24, 2.45) is 17.8 Å². The molecule has 1 aliphatic heterocycles. The van der Waals surface area contributed by atoms with Gasteiger partial charge >= 0.3 is 5.97 Å². The van der Waals surface area contributed by atoms with E-state index in [1.807, 2.05) is 0 Å². The van der Waals surface area contributed by atoms with Gasteiger partial charge in [-0.2, -0.15) is 0 Å². The van der Waals surface area contributed by atoms with E-state index < -0.39 is 5.97 Å². The number of hydrogen-bond acceptors (Lipinski definition) is 2. The Balaban J connectivity index is 2.02. The Labute approximate surface area is 52.6 Å². The Kier molecular flexibility index (Phi) is 0.858. The van der Waals surface area contributed by atoms with Gasteiger partial charge in [-0.15, -0.1) is 0 Å². The van der Waals surface area contributed by atoms with E-state index >= 15 is 0 Å². The molecule has 3 nitrogen and oxygen atoms in total. The van der Waals surface area contributed by atoms with Crippen molar-refractivity contribution in [3.05, 3.63) is 0 Å². The molecule has 1 heterocycles. The van der Waals surface area contributed by atoms with Gasteiger partial charge in [0.25, 0.3) is 0 Å². The van der Waals surface area contributed by atoms with Crippen LogP contribution in [0.1, 0.15) is 0 Å². The van der Waals surface area contributed by atoms with E-state index in [1.165, 1.54) is 0 Å². The smallest absolute Gasteiger partial charge is 0.307 e. The third kappa shape index (κ3) is 0.580. The second-order valence-corrected chi connectivity index (χ2v) is 2.73. The fourth-order valence-corrected chi connectivity index (χ4v) is 1.61. The van der Waals surface area contributed by atoms with Crippen molar-refractivity contribution in [2.45, 2.75) is 0 Å². The molecule has 0 aromatic rings. The maximum Gasteiger partial charge on any atom is 0.307 e. The lowest BCUT2D eigenvalue weighted by Gasteiger charge is -1.96. The van der Waals surface area contributed by atoms with Crippen molar-refractivity contribution in [3.63, 3.8) is 0 Å². The molecule has 0 aromatic carbocycles. The summed E-state index contributed by atoms with van der Waals surface area (Å²) in [6.45, 7) is 1.34. The fraction of sp³-hybridized carbons (Fsp3) is 0.833. The molecule has 0 radical (unpaired) electrons. The summed E-state index contributed by atoms with van der Waals surface area (Å²) in [7, 11) is 0. The average Bonchev–Trinajstić information content (AvgIpc) is 2.30. The molecule has 0 amide bonds. The third-order valence-corrected chi connectivity index (χ3v) is 2.24. The molecule has 9 heavy (non-hydrogen) atoms. The summed E-state index contributed by atoms with van der Waals surface area (Å²) in [4.78, 5) is 10.3. The van der Waals surface area contributed by atoms with Crippen LogP contribution in [0.25, 0.3) is 0 Å². The first kappa shape index (κ1) is 5.23. The van der Waals surface area contributed by atoms with Crippen molar-refractivity contribution in [1.82, 2.24) is 0 Å². The summed E-state index contributed by atoms with van der Waals surface area (Å²) < 4.78 is 5.02. The predicted octanol–water partition coefficient (Wildman–Crippen LogP) is -0.0366. The number of ether oxygens (including phenoxy) is 1. The zero-order valence-corrected chi connectivity index (χ0v) is 4.91. The van der Waals surface area contributed by atoms with Crippen LogP contribution in [0.15, 0.2) is 0 Å². The molecule has 50 valence electrons. The van der Waals surface area contributed by atoms with Crippen LogP contribution in [-0.4, -0.2) is 24.3 Å². The summed E-state index contributed by atoms with van der Waals surface area (Å²) in [5, 5.41) is 8.50. The monoisotopic (exact) mass is 128 g/mol. The highest BCUT2D eigenvalue weighted by Gasteiger charge is 2.58. The van der Waals surface area contributed by atoms with Crippen LogP contribution in [0.3, 0.4) is 0 Å². The first-order chi connectivity index (χ1) is 4.30. The topological polar surface area (TPSA) is 46.5 Å². The molecule has 1 saturated heterocycles. The maximum atomic E-state index is 10.3. The minimum Gasteiger partial charge on any atom is -0.481 e. The van der Waals surface area contributed by atoms with Crippen LogP contribution < -0.4 is 0 Å². The SMILES string of the molecule is O=C(O)C1C2COCC21. The van der Waals surface area contributed by atoms with Crippen molar-refractivity contribution in [3.8, 4) is 0 Å². The van der Waals surface area contributed by atoms with Crippen molar-refractivity contribution >= 4 is 5.97 Å². The van der Waals surface area contributed by atoms with E-state index in [-0.39, 0.29) is 5.92 Å². The quantitative estimate of drug-likeness (QED) is 0.539. The van der Waals surface area contributed by atoms with E-state index in [9.17, 15) is 4.79 Å². The van der Waals surface area contributed by atoms with Gasteiger partial charge < -0.3 is 9.84 Å². The first-order valence-electron chi connectivity index (χ1n) is 3.11. The zero-order valence-electron chi connectivity index (χ0n) is 4.91. The van der Waals surface area contributed by atoms with Gasteiger partial charge in [0, 0.05) is 11.8 Å². The second kappa shape index (κ2) is 1.48. The van der Waals surface area contributed by atoms with Crippen molar-refractivity contribution < 1.29 is 14.6 Å². The van der Waals surface area contributed by atoms with E-state index in [2.05, 4.69) is 0 Å². The van der Waals surface area contributed by atoms with Crippen LogP contribution in [-0.2, 0) is 9.53 Å². The van der Waals surface area contributed by atoms with Gasteiger partial charge in [-0.25, -0.2) is 0 Å². The predicted molar refractivity (Wildman–Crippen MR) is 28.9 cm³/mol. The van der Waals surface area contributed by atoms with Crippen LogP contribution >= 0.6 is 0 Å². The Morgan fingerprint density at radius 3 is 2.33 bits per heavy atom. The van der Waals surface area contributed by atoms with Gasteiger partial charge in [-0.1, -0.05) is 0 Å². The lowest BCUT2D eigenvalue weighted by atomic mass is 10.3. The number of carbonyl (C=O) groups is 1. The normalized spacial score (nSPS) is 46.4. The highest BCUT2D eigenvalue weighted by Crippen LogP contribution is 2.50. The first-order valence-corrected chi connectivity index (χ1v) is 3.11. The molecule has 3 heteroatoms. The van der Waals surface area contributed by atoms with Gasteiger partial charge in [-0.05, 0) is 0 Å². The van der Waals surface area contributed by atoms with Gasteiger partial charge in [-0.3, -0.25) is 4.79 Å². The van der Waals surface area contributed by atoms with E-state index in [0.717, 1.165) is 0 Å². The summed E-state index contributed by atoms with van der Waals surface area (Å²) in [6.07, 6.45) is 0. The van der Waals surface area contributed by atoms with Crippen LogP contribution in [0.5, 0.6) is 0 Å². The average molecular weight is 128 g/mol. The highest BCUT2D eigenvalue weighted by atomic mass is 16.5. The fourth-order valence-electron chi connectivity index (χ4n) is 1.61. The van der Waals surface area contributed by atoms with Gasteiger partial charge in [0.2, 0.25) is 0 Å². The molecular formula is C6H8O3. The van der Waals surface area contributed by atoms with E-state index in [4.69, 9.17) is 9.84 Å². The molecule has 0 bridgehead atoms. The molecule has 2 unspecified atom stereocenters. The van der Waals surface area contributed by atoms with Gasteiger partial charge in [0.1, 0.15) is 0 Å². The van der Waals surface area contributed by atoms with Gasteiger partial charge in [0.05, 0.1) is 19.1 Å². The van der Waals surface area contributed by atoms with E-state index in [0.29, 0.717) is 25.0 Å². The third-order valence-electron chi connectivity index (χ3n) is 2.24. The molecule has 0 aromatic heterocycles. The number of hydrogen-bond donors (Lipinski definition) is 1. The summed E-state index contributed by atoms with van der Waals surface area (Å²) in [5.41, 5.74) is 0. The summed E-state index contributed by atoms with van der Waals surface area (Å²) in [6, 6.07) is 0. The number of aliphatic carboxylic acids is 1. The number of carboxylic acids is 1. The van der Waals surface area contributed by atoms with Gasteiger partial charge in [0.15, 0.2) is 0 Å². The maximum absolute atomic E-state index is 10.3. The Morgan fingerprint density at radius 2 is 2.00 bits per heavy atom. The molecule has 2 aliphatic rings. The van der Waals surface area contributed by atoms with E-state index in [1.54, 1.807) is 0 Å². The Hall–Kier alpha value is -0.570. The molecule has 2 atom stereocenters. The molecule has 2 fully saturated rings. The molecular weight excluding hydrogens is 120 g/mol. The minimum atomic E-state index is -0.645. The molecule has 1 aliphatic carbocycles. The van der Waals surface area contributed by atoms with Crippen LogP contribution in [0.4, 0.5) is 0 Å². The lowest BCUT2D eigenvalue weighted by Crippen LogP contribution is -2.07. The summed E-state index contributed by atoms with van der Waals surface area (Å²) in [5.74, 6) is -0.0166. The lowest BCUT2D eigenvalue weighted by molar-refractivity contribution is -0.140. The van der Waals surface area contributed by atoms with Crippen LogP contribution in [0.2, 0.25) is 0 Å². The highest BCUT2D eigenvalue weighted by molar-refractivity contribution is 5.74. The Morgan fingerprint density at radius 1 is 1.44 bits per heavy atom. The molecule has 0 spiro atoms. The number of fused-ring (bicyclic) bond motifs is 1. The molecule has 1 saturated carbocycles. The minimum absolute atomic E-state index is 0.0706. The number of carboxylic acid groups (broad SMARTS) is 1. The second-order valence-electron chi connectivity index (χ2n) is 2.73. The summed E-state index contributed by atoms with van der Waals surface area (Å²) >= 11 is 0. The standard InChI is InChI=1S/C6H8O3/c7-6(8)5-3-1-9-2-4(3)5/h3-5H,1-2H2,(H,7,8). The van der Waals surface area contributed by atoms with Crippen molar-refractivity contribution in [1.29, 1.82) is 0 Å². The largest absolute Gasteiger partial charge is 0.481 e. The number of rotatable bonds is 1. The molecule has 1 N–H and O–H groups in total. The van der Waals surface area contributed by atoms with Crippen LogP contribution in [0, 0.1) is 17.8 Å². The van der Waals surface area contributed by atoms with Crippen molar-refractivity contribution in [2.75, 3.05) is 13.2 Å². The Bertz CT molecular complexity index is 144. The zero-order chi connectivity index (χ0) is 6.43.